The van der Waals surface area contributed by atoms with Gasteiger partial charge in [0.25, 0.3) is 5.56 Å². The molecular weight excluding hydrogens is 430 g/mol. The molecule has 1 atom stereocenters. The Morgan fingerprint density at radius 2 is 1.91 bits per heavy atom. The van der Waals surface area contributed by atoms with Gasteiger partial charge in [0.05, 0.1) is 29.7 Å². The fourth-order valence-corrected chi connectivity index (χ4v) is 3.98. The van der Waals surface area contributed by atoms with Crippen molar-refractivity contribution in [2.24, 2.45) is 0 Å². The summed E-state index contributed by atoms with van der Waals surface area (Å²) in [4.78, 5) is 45.1. The van der Waals surface area contributed by atoms with Crippen LogP contribution in [0.3, 0.4) is 0 Å². The molecule has 0 radical (unpaired) electrons. The van der Waals surface area contributed by atoms with Crippen molar-refractivity contribution in [2.45, 2.75) is 18.0 Å². The van der Waals surface area contributed by atoms with Gasteiger partial charge in [-0.25, -0.2) is 14.6 Å². The van der Waals surface area contributed by atoms with Crippen LogP contribution in [0.4, 0.5) is 5.82 Å². The Balaban J connectivity index is 2.15. The van der Waals surface area contributed by atoms with Crippen LogP contribution in [0.5, 0.6) is 0 Å². The minimum Gasteiger partial charge on any atom is -0.465 e. The molecule has 0 unspecified atom stereocenters. The lowest BCUT2D eigenvalue weighted by molar-refractivity contribution is -0.138. The number of benzene rings is 1. The van der Waals surface area contributed by atoms with Gasteiger partial charge >= 0.3 is 11.9 Å². The first-order valence-electron chi connectivity index (χ1n) is 9.73. The van der Waals surface area contributed by atoms with E-state index in [9.17, 15) is 14.4 Å². The fourth-order valence-electron chi connectivity index (χ4n) is 3.38. The lowest BCUT2D eigenvalue weighted by atomic mass is 9.82. The highest BCUT2D eigenvalue weighted by Crippen LogP contribution is 2.40. The quantitative estimate of drug-likeness (QED) is 0.271. The van der Waals surface area contributed by atoms with Crippen molar-refractivity contribution in [1.29, 1.82) is 0 Å². The minimum atomic E-state index is -0.745. The molecule has 0 saturated heterocycles. The van der Waals surface area contributed by atoms with E-state index in [1.165, 1.54) is 24.9 Å². The first-order valence-corrected chi connectivity index (χ1v) is 10.7. The van der Waals surface area contributed by atoms with Crippen molar-refractivity contribution in [3.8, 4) is 0 Å². The van der Waals surface area contributed by atoms with E-state index in [1.54, 1.807) is 37.3 Å². The van der Waals surface area contributed by atoms with Crippen molar-refractivity contribution in [3.05, 3.63) is 87.9 Å². The van der Waals surface area contributed by atoms with Crippen LogP contribution in [-0.4, -0.2) is 41.4 Å². The number of hydrogen-bond acceptors (Lipinski definition) is 8. The summed E-state index contributed by atoms with van der Waals surface area (Å²) in [6, 6.07) is 6.53. The number of nitrogens with one attached hydrogen (secondary N) is 2. The van der Waals surface area contributed by atoms with Gasteiger partial charge in [-0.15, -0.1) is 6.58 Å². The SMILES string of the molecule is C=CCOC(=O)C1=C(C)Nc2nc(SCC=C)[nH]c(=O)c2[C@H]1c1ccc(C(=O)OC)cc1. The number of methoxy groups -OCH3 is 1. The molecule has 3 rings (SSSR count). The average Bonchev–Trinajstić information content (AvgIpc) is 2.79. The monoisotopic (exact) mass is 453 g/mol. The summed E-state index contributed by atoms with van der Waals surface area (Å²) in [5, 5.41) is 3.51. The first kappa shape index (κ1) is 23.1. The van der Waals surface area contributed by atoms with Gasteiger partial charge in [0, 0.05) is 11.4 Å². The molecule has 0 fully saturated rings. The number of aromatic amines is 1. The zero-order valence-electron chi connectivity index (χ0n) is 17.8. The zero-order valence-corrected chi connectivity index (χ0v) is 18.6. The van der Waals surface area contributed by atoms with Gasteiger partial charge in [0.2, 0.25) is 0 Å². The number of allylic oxidation sites excluding steroid dienone is 1. The van der Waals surface area contributed by atoms with E-state index in [4.69, 9.17) is 9.47 Å². The predicted molar refractivity (Wildman–Crippen MR) is 123 cm³/mol. The number of carbonyl (C=O) groups is 2. The highest BCUT2D eigenvalue weighted by molar-refractivity contribution is 7.99. The number of thioether (sulfide) groups is 1. The van der Waals surface area contributed by atoms with E-state index in [0.29, 0.717) is 33.6 Å². The second-order valence-corrected chi connectivity index (χ2v) is 7.84. The molecule has 1 aromatic heterocycles. The minimum absolute atomic E-state index is 0.0300. The first-order chi connectivity index (χ1) is 15.4. The second-order valence-electron chi connectivity index (χ2n) is 6.83. The van der Waals surface area contributed by atoms with E-state index in [1.807, 2.05) is 0 Å². The highest BCUT2D eigenvalue weighted by atomic mass is 32.2. The molecule has 166 valence electrons. The fraction of sp³-hybridized carbons (Fsp3) is 0.217. The van der Waals surface area contributed by atoms with Crippen LogP contribution in [-0.2, 0) is 14.3 Å². The second kappa shape index (κ2) is 10.1. The van der Waals surface area contributed by atoms with Crippen molar-refractivity contribution in [2.75, 3.05) is 24.8 Å². The van der Waals surface area contributed by atoms with Gasteiger partial charge < -0.3 is 19.8 Å². The van der Waals surface area contributed by atoms with Gasteiger partial charge in [0.15, 0.2) is 5.16 Å². The molecule has 8 nitrogen and oxygen atoms in total. The van der Waals surface area contributed by atoms with Gasteiger partial charge in [-0.3, -0.25) is 4.79 Å². The number of fused-ring (bicyclic) bond motifs is 1. The number of nitrogens with zero attached hydrogens (tertiary/aromatic N) is 1. The standard InChI is InChI=1S/C23H23N3O5S/c1-5-11-31-22(29)16-13(3)24-19-18(20(27)26-23(25-19)32-12-6-2)17(16)14-7-9-15(10-8-14)21(28)30-4/h5-10,17H,1-2,11-12H2,3-4H3,(H2,24,25,26,27)/t17-/m0/s1. The predicted octanol–water partition coefficient (Wildman–Crippen LogP) is 3.40. The molecule has 2 aromatic rings. The molecule has 0 aliphatic carbocycles. The summed E-state index contributed by atoms with van der Waals surface area (Å²) < 4.78 is 10.0. The third kappa shape index (κ3) is 4.67. The maximum atomic E-state index is 13.1. The topological polar surface area (TPSA) is 110 Å². The maximum absolute atomic E-state index is 13.1. The molecule has 32 heavy (non-hydrogen) atoms. The normalized spacial score (nSPS) is 14.8. The Hall–Kier alpha value is -3.59. The van der Waals surface area contributed by atoms with Crippen molar-refractivity contribution in [3.63, 3.8) is 0 Å². The number of hydrogen-bond donors (Lipinski definition) is 2. The van der Waals surface area contributed by atoms with Crippen molar-refractivity contribution in [1.82, 2.24) is 9.97 Å². The van der Waals surface area contributed by atoms with Crippen molar-refractivity contribution >= 4 is 29.5 Å². The third-order valence-corrected chi connectivity index (χ3v) is 5.65. The van der Waals surface area contributed by atoms with Gasteiger partial charge in [-0.2, -0.15) is 0 Å². The Morgan fingerprint density at radius 3 is 2.53 bits per heavy atom. The maximum Gasteiger partial charge on any atom is 0.337 e. The summed E-state index contributed by atoms with van der Waals surface area (Å²) in [5.41, 5.74) is 1.69. The van der Waals surface area contributed by atoms with Gasteiger partial charge in [-0.05, 0) is 24.6 Å². The van der Waals surface area contributed by atoms with Crippen LogP contribution in [0.15, 0.2) is 70.8 Å². The summed E-state index contributed by atoms with van der Waals surface area (Å²) in [7, 11) is 1.30. The summed E-state index contributed by atoms with van der Waals surface area (Å²) >= 11 is 1.34. The Labute approximate surface area is 189 Å². The molecule has 2 N–H and O–H groups in total. The lowest BCUT2D eigenvalue weighted by Gasteiger charge is -2.28. The van der Waals surface area contributed by atoms with Gasteiger partial charge in [0.1, 0.15) is 12.4 Å². The largest absolute Gasteiger partial charge is 0.465 e. The van der Waals surface area contributed by atoms with Crippen LogP contribution in [0, 0.1) is 0 Å². The number of esters is 2. The summed E-state index contributed by atoms with van der Waals surface area (Å²) in [6.45, 7) is 8.99. The summed E-state index contributed by atoms with van der Waals surface area (Å²) in [6.07, 6.45) is 3.18. The van der Waals surface area contributed by atoms with Gasteiger partial charge in [-0.1, -0.05) is 42.6 Å². The molecule has 0 saturated carbocycles. The highest BCUT2D eigenvalue weighted by Gasteiger charge is 2.36. The zero-order chi connectivity index (χ0) is 23.3. The van der Waals surface area contributed by atoms with Crippen LogP contribution < -0.4 is 10.9 Å². The number of carbonyl (C=O) groups excluding carboxylic acids is 2. The molecule has 1 aromatic carbocycles. The van der Waals surface area contributed by atoms with Crippen LogP contribution in [0.25, 0.3) is 0 Å². The molecule has 9 heteroatoms. The third-order valence-electron chi connectivity index (χ3n) is 4.78. The average molecular weight is 454 g/mol. The number of H-pyrrole nitrogens is 1. The Morgan fingerprint density at radius 1 is 1.19 bits per heavy atom. The van der Waals surface area contributed by atoms with Crippen LogP contribution >= 0.6 is 11.8 Å². The summed E-state index contributed by atoms with van der Waals surface area (Å²) in [5.74, 6) is -0.867. The van der Waals surface area contributed by atoms with E-state index in [-0.39, 0.29) is 23.3 Å². The molecule has 1 aliphatic rings. The molecular formula is C23H23N3O5S. The number of anilines is 1. The van der Waals surface area contributed by atoms with Crippen LogP contribution in [0.2, 0.25) is 0 Å². The van der Waals surface area contributed by atoms with E-state index >= 15 is 0 Å². The number of aromatic nitrogens is 2. The Kier molecular flexibility index (Phi) is 7.32. The smallest absolute Gasteiger partial charge is 0.337 e. The molecule has 2 heterocycles. The number of rotatable bonds is 8. The molecule has 1 aliphatic heterocycles. The van der Waals surface area contributed by atoms with Crippen LogP contribution in [0.1, 0.15) is 34.3 Å². The van der Waals surface area contributed by atoms with Crippen molar-refractivity contribution < 1.29 is 19.1 Å². The molecule has 0 amide bonds. The van der Waals surface area contributed by atoms with E-state index in [0.717, 1.165) is 0 Å². The Bertz CT molecular complexity index is 1150. The van der Waals surface area contributed by atoms with E-state index in [2.05, 4.69) is 28.4 Å². The van der Waals surface area contributed by atoms with E-state index < -0.39 is 17.9 Å². The lowest BCUT2D eigenvalue weighted by Crippen LogP contribution is -2.31. The molecule has 0 bridgehead atoms. The number of ether oxygens (including phenoxy) is 2. The molecule has 0 spiro atoms.